The standard InChI is InChI=1S/C11H9BrN4O2/c12-6-3-9(13)16-10(4-6)14-11(15-16)8-2-1-7(5-17)18-8/h1-4,17H,5,13H2. The number of nitrogens with zero attached hydrogens (tertiary/aromatic N) is 3. The van der Waals surface area contributed by atoms with Gasteiger partial charge in [-0.05, 0) is 24.3 Å². The number of nitrogens with two attached hydrogens (primary N) is 1. The third-order valence-electron chi connectivity index (χ3n) is 2.47. The molecule has 3 aromatic heterocycles. The van der Waals surface area contributed by atoms with Gasteiger partial charge in [-0.15, -0.1) is 5.10 Å². The molecule has 3 heterocycles. The maximum atomic E-state index is 8.95. The molecule has 0 bridgehead atoms. The van der Waals surface area contributed by atoms with E-state index < -0.39 is 0 Å². The van der Waals surface area contributed by atoms with Crippen LogP contribution in [0.15, 0.2) is 33.2 Å². The Bertz CT molecular complexity index is 719. The van der Waals surface area contributed by atoms with E-state index in [9.17, 15) is 0 Å². The van der Waals surface area contributed by atoms with Gasteiger partial charge in [0.05, 0.1) is 0 Å². The number of aliphatic hydroxyl groups is 1. The Morgan fingerprint density at radius 2 is 2.22 bits per heavy atom. The fraction of sp³-hybridized carbons (Fsp3) is 0.0909. The molecule has 0 aromatic carbocycles. The number of aliphatic hydroxyl groups excluding tert-OH is 1. The highest BCUT2D eigenvalue weighted by Crippen LogP contribution is 2.22. The average molecular weight is 309 g/mol. The minimum absolute atomic E-state index is 0.152. The van der Waals surface area contributed by atoms with Crippen LogP contribution >= 0.6 is 15.9 Å². The molecule has 0 radical (unpaired) electrons. The molecule has 0 unspecified atom stereocenters. The van der Waals surface area contributed by atoms with Crippen LogP contribution in [0.5, 0.6) is 0 Å². The summed E-state index contributed by atoms with van der Waals surface area (Å²) in [5.41, 5.74) is 6.46. The molecule has 0 fully saturated rings. The summed E-state index contributed by atoms with van der Waals surface area (Å²) in [6.45, 7) is -0.152. The summed E-state index contributed by atoms with van der Waals surface area (Å²) in [5, 5.41) is 13.2. The SMILES string of the molecule is Nc1cc(Br)cc2nc(-c3ccc(CO)o3)nn12. The van der Waals surface area contributed by atoms with Crippen LogP contribution in [-0.2, 0) is 6.61 Å². The van der Waals surface area contributed by atoms with Crippen LogP contribution in [0.25, 0.3) is 17.2 Å². The van der Waals surface area contributed by atoms with Gasteiger partial charge in [-0.25, -0.2) is 4.98 Å². The molecule has 7 heteroatoms. The molecule has 0 aliphatic carbocycles. The molecule has 6 nitrogen and oxygen atoms in total. The van der Waals surface area contributed by atoms with Gasteiger partial charge in [0.2, 0.25) is 5.82 Å². The topological polar surface area (TPSA) is 89.6 Å². The molecule has 0 aliphatic heterocycles. The molecule has 0 spiro atoms. The van der Waals surface area contributed by atoms with Crippen molar-refractivity contribution in [1.82, 2.24) is 14.6 Å². The zero-order valence-electron chi connectivity index (χ0n) is 9.17. The first-order valence-electron chi connectivity index (χ1n) is 5.19. The Kier molecular flexibility index (Phi) is 2.57. The van der Waals surface area contributed by atoms with E-state index in [2.05, 4.69) is 26.0 Å². The van der Waals surface area contributed by atoms with Gasteiger partial charge in [-0.2, -0.15) is 4.52 Å². The summed E-state index contributed by atoms with van der Waals surface area (Å²) < 4.78 is 7.74. The third-order valence-corrected chi connectivity index (χ3v) is 2.93. The van der Waals surface area contributed by atoms with E-state index in [0.717, 1.165) is 4.47 Å². The van der Waals surface area contributed by atoms with Crippen molar-refractivity contribution < 1.29 is 9.52 Å². The lowest BCUT2D eigenvalue weighted by atomic mass is 10.4. The Balaban J connectivity index is 2.16. The molecule has 0 atom stereocenters. The van der Waals surface area contributed by atoms with Gasteiger partial charge in [-0.3, -0.25) is 0 Å². The van der Waals surface area contributed by atoms with Gasteiger partial charge in [0, 0.05) is 4.47 Å². The second-order valence-corrected chi connectivity index (χ2v) is 4.64. The van der Waals surface area contributed by atoms with Crippen LogP contribution in [0, 0.1) is 0 Å². The van der Waals surface area contributed by atoms with Gasteiger partial charge < -0.3 is 15.3 Å². The highest BCUT2D eigenvalue weighted by atomic mass is 79.9. The van der Waals surface area contributed by atoms with Gasteiger partial charge in [0.1, 0.15) is 18.2 Å². The number of fused-ring (bicyclic) bond motifs is 1. The van der Waals surface area contributed by atoms with Crippen LogP contribution in [0.4, 0.5) is 5.82 Å². The van der Waals surface area contributed by atoms with Gasteiger partial charge in [0.25, 0.3) is 0 Å². The van der Waals surface area contributed by atoms with Crippen molar-refractivity contribution >= 4 is 27.4 Å². The predicted octanol–water partition coefficient (Wildman–Crippen LogP) is 1.83. The molecule has 3 aromatic rings. The van der Waals surface area contributed by atoms with Crippen LogP contribution in [0.3, 0.4) is 0 Å². The van der Waals surface area contributed by atoms with Crippen molar-refractivity contribution in [2.24, 2.45) is 0 Å². The lowest BCUT2D eigenvalue weighted by Gasteiger charge is -1.97. The number of halogens is 1. The molecule has 0 saturated heterocycles. The number of hydrogen-bond acceptors (Lipinski definition) is 5. The lowest BCUT2D eigenvalue weighted by Crippen LogP contribution is -1.97. The molecule has 0 amide bonds. The zero-order valence-corrected chi connectivity index (χ0v) is 10.8. The van der Waals surface area contributed by atoms with Crippen LogP contribution in [0.1, 0.15) is 5.76 Å². The Morgan fingerprint density at radius 1 is 1.39 bits per heavy atom. The number of hydrogen-bond donors (Lipinski definition) is 2. The molecule has 3 rings (SSSR count). The second-order valence-electron chi connectivity index (χ2n) is 3.73. The number of nitrogen functional groups attached to an aromatic ring is 1. The largest absolute Gasteiger partial charge is 0.455 e. The monoisotopic (exact) mass is 308 g/mol. The molecular formula is C11H9BrN4O2. The summed E-state index contributed by atoms with van der Waals surface area (Å²) in [6.07, 6.45) is 0. The quantitative estimate of drug-likeness (QED) is 0.754. The van der Waals surface area contributed by atoms with Crippen LogP contribution in [-0.4, -0.2) is 19.7 Å². The zero-order chi connectivity index (χ0) is 12.7. The Labute approximate surface area is 110 Å². The Morgan fingerprint density at radius 3 is 2.94 bits per heavy atom. The van der Waals surface area contributed by atoms with Crippen LogP contribution in [0.2, 0.25) is 0 Å². The summed E-state index contributed by atoms with van der Waals surface area (Å²) in [5.74, 6) is 1.88. The predicted molar refractivity (Wildman–Crippen MR) is 68.7 cm³/mol. The van der Waals surface area contributed by atoms with Gasteiger partial charge in [-0.1, -0.05) is 15.9 Å². The van der Waals surface area contributed by atoms with E-state index in [4.69, 9.17) is 15.3 Å². The molecular weight excluding hydrogens is 300 g/mol. The first kappa shape index (κ1) is 11.2. The van der Waals surface area contributed by atoms with Crippen molar-refractivity contribution in [3.05, 3.63) is 34.5 Å². The average Bonchev–Trinajstić information content (AvgIpc) is 2.93. The Hall–Kier alpha value is -1.86. The van der Waals surface area contributed by atoms with Gasteiger partial charge >= 0.3 is 0 Å². The fourth-order valence-electron chi connectivity index (χ4n) is 1.66. The number of anilines is 1. The fourth-order valence-corrected chi connectivity index (χ4v) is 2.10. The van der Waals surface area contributed by atoms with E-state index in [1.54, 1.807) is 18.2 Å². The highest BCUT2D eigenvalue weighted by molar-refractivity contribution is 9.10. The maximum absolute atomic E-state index is 8.95. The summed E-state index contributed by atoms with van der Waals surface area (Å²) in [4.78, 5) is 4.32. The van der Waals surface area contributed by atoms with Gasteiger partial charge in [0.15, 0.2) is 11.4 Å². The molecule has 92 valence electrons. The maximum Gasteiger partial charge on any atom is 0.217 e. The molecule has 0 saturated carbocycles. The summed E-state index contributed by atoms with van der Waals surface area (Å²) >= 11 is 3.35. The second kappa shape index (κ2) is 4.11. The minimum Gasteiger partial charge on any atom is -0.455 e. The first-order chi connectivity index (χ1) is 8.67. The number of aromatic nitrogens is 3. The van der Waals surface area contributed by atoms with Crippen molar-refractivity contribution in [1.29, 1.82) is 0 Å². The summed E-state index contributed by atoms with van der Waals surface area (Å²) in [6, 6.07) is 6.95. The van der Waals surface area contributed by atoms with Crippen molar-refractivity contribution in [3.63, 3.8) is 0 Å². The van der Waals surface area contributed by atoms with Crippen molar-refractivity contribution in [3.8, 4) is 11.6 Å². The lowest BCUT2D eigenvalue weighted by molar-refractivity contribution is 0.248. The van der Waals surface area contributed by atoms with Crippen molar-refractivity contribution in [2.75, 3.05) is 5.73 Å². The number of furan rings is 1. The first-order valence-corrected chi connectivity index (χ1v) is 5.98. The van der Waals surface area contributed by atoms with E-state index in [1.807, 2.05) is 6.07 Å². The highest BCUT2D eigenvalue weighted by Gasteiger charge is 2.12. The molecule has 3 N–H and O–H groups in total. The third kappa shape index (κ3) is 1.77. The summed E-state index contributed by atoms with van der Waals surface area (Å²) in [7, 11) is 0. The normalized spacial score (nSPS) is 11.2. The molecule has 18 heavy (non-hydrogen) atoms. The number of rotatable bonds is 2. The van der Waals surface area contributed by atoms with Crippen molar-refractivity contribution in [2.45, 2.75) is 6.61 Å². The molecule has 0 aliphatic rings. The smallest absolute Gasteiger partial charge is 0.217 e. The van der Waals surface area contributed by atoms with E-state index >= 15 is 0 Å². The van der Waals surface area contributed by atoms with Crippen LogP contribution < -0.4 is 5.73 Å². The van der Waals surface area contributed by atoms with E-state index in [1.165, 1.54) is 4.52 Å². The van der Waals surface area contributed by atoms with E-state index in [-0.39, 0.29) is 6.61 Å². The minimum atomic E-state index is -0.152. The van der Waals surface area contributed by atoms with E-state index in [0.29, 0.717) is 28.8 Å². The number of pyridine rings is 1.